The minimum absolute atomic E-state index is 0.0749. The van der Waals surface area contributed by atoms with Gasteiger partial charge in [-0.05, 0) is 6.42 Å². The van der Waals surface area contributed by atoms with Crippen molar-refractivity contribution in [3.8, 4) is 11.5 Å². The van der Waals surface area contributed by atoms with Gasteiger partial charge in [0.25, 0.3) is 0 Å². The van der Waals surface area contributed by atoms with Crippen LogP contribution < -0.4 is 15.2 Å². The van der Waals surface area contributed by atoms with E-state index in [0.29, 0.717) is 11.5 Å². The number of nitrogens with zero attached hydrogens (tertiary/aromatic N) is 3. The first-order chi connectivity index (χ1) is 12.7. The topological polar surface area (TPSA) is 74.8 Å². The Morgan fingerprint density at radius 3 is 2.50 bits per heavy atom. The average molecular weight is 362 g/mol. The molecule has 1 saturated heterocycles. The third-order valence-electron chi connectivity index (χ3n) is 4.96. The predicted octanol–water partition coefficient (Wildman–Crippen LogP) is 2.19. The molecule has 1 fully saturated rings. The lowest BCUT2D eigenvalue weighted by molar-refractivity contribution is 0.0364. The Hall–Kier alpha value is -1.83. The summed E-state index contributed by atoms with van der Waals surface area (Å²) in [6.07, 6.45) is 1.94. The molecule has 1 aromatic heterocycles. The van der Waals surface area contributed by atoms with Gasteiger partial charge in [-0.3, -0.25) is 4.90 Å². The van der Waals surface area contributed by atoms with E-state index in [0.717, 1.165) is 69.1 Å². The van der Waals surface area contributed by atoms with Gasteiger partial charge in [-0.1, -0.05) is 13.3 Å². The summed E-state index contributed by atoms with van der Waals surface area (Å²) in [4.78, 5) is 7.26. The second-order valence-electron chi connectivity index (χ2n) is 6.67. The van der Waals surface area contributed by atoms with Gasteiger partial charge in [0, 0.05) is 38.3 Å². The summed E-state index contributed by atoms with van der Waals surface area (Å²) >= 11 is 0. The molecule has 7 heteroatoms. The maximum atomic E-state index is 6.44. The highest BCUT2D eigenvalue weighted by atomic mass is 16.5. The van der Waals surface area contributed by atoms with E-state index in [-0.39, 0.29) is 6.04 Å². The Kier molecular flexibility index (Phi) is 6.34. The van der Waals surface area contributed by atoms with Gasteiger partial charge >= 0.3 is 0 Å². The summed E-state index contributed by atoms with van der Waals surface area (Å²) in [7, 11) is 3.30. The molecule has 1 unspecified atom stereocenters. The lowest BCUT2D eigenvalue weighted by Gasteiger charge is -2.27. The second-order valence-corrected chi connectivity index (χ2v) is 6.67. The Bertz CT molecular complexity index is 725. The smallest absolute Gasteiger partial charge is 0.163 e. The quantitative estimate of drug-likeness (QED) is 0.776. The number of nitrogens with two attached hydrogens (primary N) is 1. The van der Waals surface area contributed by atoms with Crippen LogP contribution in [0.4, 0.5) is 0 Å². The number of imidazole rings is 1. The molecule has 2 N–H and O–H groups in total. The average Bonchev–Trinajstić information content (AvgIpc) is 3.03. The molecular weight excluding hydrogens is 332 g/mol. The van der Waals surface area contributed by atoms with Crippen LogP contribution in [0.3, 0.4) is 0 Å². The van der Waals surface area contributed by atoms with E-state index < -0.39 is 0 Å². The van der Waals surface area contributed by atoms with Crippen LogP contribution in [0.5, 0.6) is 11.5 Å². The molecule has 0 radical (unpaired) electrons. The van der Waals surface area contributed by atoms with Crippen LogP contribution in [0.1, 0.15) is 31.6 Å². The fraction of sp³-hybridized carbons (Fsp3) is 0.632. The zero-order valence-corrected chi connectivity index (χ0v) is 16.0. The molecule has 2 heterocycles. The summed E-state index contributed by atoms with van der Waals surface area (Å²) in [5.41, 5.74) is 8.37. The monoisotopic (exact) mass is 362 g/mol. The number of aromatic nitrogens is 2. The molecule has 2 aromatic rings. The first-order valence-corrected chi connectivity index (χ1v) is 9.35. The Balaban J connectivity index is 1.96. The third-order valence-corrected chi connectivity index (χ3v) is 4.96. The first-order valence-electron chi connectivity index (χ1n) is 9.35. The van der Waals surface area contributed by atoms with Crippen LogP contribution >= 0.6 is 0 Å². The lowest BCUT2D eigenvalue weighted by Crippen LogP contribution is -2.38. The van der Waals surface area contributed by atoms with Crippen molar-refractivity contribution in [3.63, 3.8) is 0 Å². The molecule has 1 aliphatic heterocycles. The Morgan fingerprint density at radius 2 is 1.85 bits per heavy atom. The van der Waals surface area contributed by atoms with Crippen molar-refractivity contribution in [1.82, 2.24) is 14.5 Å². The van der Waals surface area contributed by atoms with Gasteiger partial charge in [0.1, 0.15) is 5.82 Å². The summed E-state index contributed by atoms with van der Waals surface area (Å²) in [6.45, 7) is 7.50. The van der Waals surface area contributed by atoms with E-state index in [1.54, 1.807) is 14.2 Å². The van der Waals surface area contributed by atoms with Crippen LogP contribution in [-0.4, -0.2) is 61.5 Å². The van der Waals surface area contributed by atoms with Crippen molar-refractivity contribution < 1.29 is 14.2 Å². The molecular formula is C19H30N4O3. The molecule has 7 nitrogen and oxygen atoms in total. The van der Waals surface area contributed by atoms with Crippen molar-refractivity contribution in [1.29, 1.82) is 0 Å². The van der Waals surface area contributed by atoms with Crippen molar-refractivity contribution >= 4 is 11.0 Å². The molecule has 0 amide bonds. The van der Waals surface area contributed by atoms with Gasteiger partial charge in [0.15, 0.2) is 11.5 Å². The fourth-order valence-electron chi connectivity index (χ4n) is 3.49. The van der Waals surface area contributed by atoms with Gasteiger partial charge in [-0.25, -0.2) is 4.98 Å². The normalized spacial score (nSPS) is 16.8. The summed E-state index contributed by atoms with van der Waals surface area (Å²) in [6, 6.07) is 3.86. The van der Waals surface area contributed by atoms with Gasteiger partial charge in [0.05, 0.1) is 44.5 Å². The van der Waals surface area contributed by atoms with E-state index in [1.165, 1.54) is 0 Å². The van der Waals surface area contributed by atoms with Crippen molar-refractivity contribution in [2.24, 2.45) is 5.73 Å². The standard InChI is InChI=1S/C19H30N4O3/c1-4-5-14(20)19-21-15-12-17(24-2)18(25-3)13-16(15)23(19)7-6-22-8-10-26-11-9-22/h12-14H,4-11,20H2,1-3H3. The number of benzene rings is 1. The maximum Gasteiger partial charge on any atom is 0.163 e. The molecule has 0 aliphatic carbocycles. The number of ether oxygens (including phenoxy) is 3. The Labute approximate surface area is 155 Å². The van der Waals surface area contributed by atoms with Crippen LogP contribution in [0.2, 0.25) is 0 Å². The SMILES string of the molecule is CCCC(N)c1nc2cc(OC)c(OC)cc2n1CCN1CCOCC1. The number of morpholine rings is 1. The molecule has 1 atom stereocenters. The van der Waals surface area contributed by atoms with Crippen LogP contribution in [0.25, 0.3) is 11.0 Å². The lowest BCUT2D eigenvalue weighted by atomic mass is 10.1. The van der Waals surface area contributed by atoms with Crippen molar-refractivity contribution in [3.05, 3.63) is 18.0 Å². The number of fused-ring (bicyclic) bond motifs is 1. The minimum Gasteiger partial charge on any atom is -0.493 e. The van der Waals surface area contributed by atoms with E-state index in [1.807, 2.05) is 12.1 Å². The summed E-state index contributed by atoms with van der Waals surface area (Å²) in [5.74, 6) is 2.34. The van der Waals surface area contributed by atoms with Crippen LogP contribution in [-0.2, 0) is 11.3 Å². The molecule has 0 spiro atoms. The molecule has 3 rings (SSSR count). The highest BCUT2D eigenvalue weighted by Gasteiger charge is 2.20. The minimum atomic E-state index is -0.0749. The number of hydrogen-bond donors (Lipinski definition) is 1. The van der Waals surface area contributed by atoms with Gasteiger partial charge in [-0.2, -0.15) is 0 Å². The van der Waals surface area contributed by atoms with E-state index in [4.69, 9.17) is 24.9 Å². The maximum absolute atomic E-state index is 6.44. The molecule has 26 heavy (non-hydrogen) atoms. The van der Waals surface area contributed by atoms with Crippen molar-refractivity contribution in [2.45, 2.75) is 32.4 Å². The van der Waals surface area contributed by atoms with Gasteiger partial charge < -0.3 is 24.5 Å². The summed E-state index contributed by atoms with van der Waals surface area (Å²) < 4.78 is 18.6. The zero-order chi connectivity index (χ0) is 18.5. The number of rotatable bonds is 8. The summed E-state index contributed by atoms with van der Waals surface area (Å²) in [5, 5.41) is 0. The largest absolute Gasteiger partial charge is 0.493 e. The fourth-order valence-corrected chi connectivity index (χ4v) is 3.49. The van der Waals surface area contributed by atoms with E-state index in [2.05, 4.69) is 16.4 Å². The predicted molar refractivity (Wildman–Crippen MR) is 102 cm³/mol. The highest BCUT2D eigenvalue weighted by molar-refractivity contribution is 5.80. The molecule has 1 aliphatic rings. The van der Waals surface area contributed by atoms with Crippen molar-refractivity contribution in [2.75, 3.05) is 47.1 Å². The first kappa shape index (κ1) is 18.9. The van der Waals surface area contributed by atoms with E-state index >= 15 is 0 Å². The Morgan fingerprint density at radius 1 is 1.15 bits per heavy atom. The van der Waals surface area contributed by atoms with Gasteiger partial charge in [-0.15, -0.1) is 0 Å². The molecule has 0 saturated carbocycles. The second kappa shape index (κ2) is 8.70. The highest BCUT2D eigenvalue weighted by Crippen LogP contribution is 2.33. The zero-order valence-electron chi connectivity index (χ0n) is 16.0. The van der Waals surface area contributed by atoms with E-state index in [9.17, 15) is 0 Å². The molecule has 1 aromatic carbocycles. The van der Waals surface area contributed by atoms with Gasteiger partial charge in [0.2, 0.25) is 0 Å². The third kappa shape index (κ3) is 3.95. The molecule has 0 bridgehead atoms. The van der Waals surface area contributed by atoms with Crippen LogP contribution in [0.15, 0.2) is 12.1 Å². The van der Waals surface area contributed by atoms with Crippen LogP contribution in [0, 0.1) is 0 Å². The number of methoxy groups -OCH3 is 2. The molecule has 144 valence electrons. The number of hydrogen-bond acceptors (Lipinski definition) is 6.